The number of hydrogen-bond donors (Lipinski definition) is 2. The van der Waals surface area contributed by atoms with Crippen LogP contribution in [0.15, 0.2) is 30.5 Å². The van der Waals surface area contributed by atoms with E-state index in [-0.39, 0.29) is 6.42 Å². The molecule has 1 aromatic carbocycles. The van der Waals surface area contributed by atoms with Gasteiger partial charge in [0, 0.05) is 6.42 Å². The highest BCUT2D eigenvalue weighted by molar-refractivity contribution is 7.71. The van der Waals surface area contributed by atoms with Gasteiger partial charge < -0.3 is 14.8 Å². The van der Waals surface area contributed by atoms with E-state index in [9.17, 15) is 4.79 Å². The predicted octanol–water partition coefficient (Wildman–Crippen LogP) is 5.10. The highest BCUT2D eigenvalue weighted by Gasteiger charge is 2.02. The highest BCUT2D eigenvalue weighted by atomic mass is 32.1. The fourth-order valence-corrected chi connectivity index (χ4v) is 1.96. The Hall–Kier alpha value is -2.21. The Balaban J connectivity index is 0.00000134. The Morgan fingerprint density at radius 3 is 2.56 bits per heavy atom. The molecule has 0 spiro atoms. The maximum absolute atomic E-state index is 10.6. The molecule has 1 aromatic heterocycles. The summed E-state index contributed by atoms with van der Waals surface area (Å²) < 4.78 is 6.27. The monoisotopic (exact) mass is 364 g/mol. The van der Waals surface area contributed by atoms with Crippen molar-refractivity contribution in [1.82, 2.24) is 9.97 Å². The average molecular weight is 365 g/mol. The Kier molecular flexibility index (Phi) is 12.0. The van der Waals surface area contributed by atoms with Crippen molar-refractivity contribution in [1.29, 1.82) is 0 Å². The van der Waals surface area contributed by atoms with Gasteiger partial charge in [-0.2, -0.15) is 0 Å². The first-order valence-corrected chi connectivity index (χ1v) is 8.94. The van der Waals surface area contributed by atoms with Crippen LogP contribution in [0.25, 0.3) is 0 Å². The molecule has 0 radical (unpaired) electrons. The summed E-state index contributed by atoms with van der Waals surface area (Å²) in [5.41, 5.74) is 2.51. The zero-order valence-electron chi connectivity index (χ0n) is 15.6. The molecule has 0 saturated heterocycles. The number of H-pyrrole nitrogens is 1. The first-order chi connectivity index (χ1) is 12.0. The number of ether oxygens (including phenoxy) is 1. The van der Waals surface area contributed by atoms with E-state index < -0.39 is 5.97 Å². The largest absolute Gasteiger partial charge is 0.487 e. The van der Waals surface area contributed by atoms with E-state index in [0.717, 1.165) is 17.0 Å². The lowest BCUT2D eigenvalue weighted by molar-refractivity contribution is -0.136. The van der Waals surface area contributed by atoms with Crippen LogP contribution in [0.4, 0.5) is 0 Å². The van der Waals surface area contributed by atoms with Crippen LogP contribution in [0, 0.1) is 11.6 Å². The van der Waals surface area contributed by atoms with Gasteiger partial charge in [0.1, 0.15) is 17.0 Å². The summed E-state index contributed by atoms with van der Waals surface area (Å²) in [7, 11) is 0. The van der Waals surface area contributed by atoms with Gasteiger partial charge in [0.25, 0.3) is 0 Å². The number of aryl methyl sites for hydroxylation is 2. The van der Waals surface area contributed by atoms with E-state index >= 15 is 0 Å². The number of nitrogens with one attached hydrogen (secondary N) is 1. The van der Waals surface area contributed by atoms with Crippen LogP contribution in [0.5, 0.6) is 5.75 Å². The highest BCUT2D eigenvalue weighted by Crippen LogP contribution is 2.16. The van der Waals surface area contributed by atoms with Gasteiger partial charge in [-0.3, -0.25) is 9.78 Å². The van der Waals surface area contributed by atoms with Gasteiger partial charge in [-0.25, -0.2) is 0 Å². The van der Waals surface area contributed by atoms with Crippen LogP contribution in [-0.2, 0) is 17.8 Å². The number of carboxylic acid groups (broad SMARTS) is 1. The second-order valence-electron chi connectivity index (χ2n) is 4.65. The maximum atomic E-state index is 10.6. The van der Waals surface area contributed by atoms with Crippen molar-refractivity contribution in [3.8, 4) is 5.75 Å². The lowest BCUT2D eigenvalue weighted by Gasteiger charge is -2.08. The third kappa shape index (κ3) is 9.00. The number of aliphatic carboxylic acids is 1. The summed E-state index contributed by atoms with van der Waals surface area (Å²) in [4.78, 5) is 17.8. The van der Waals surface area contributed by atoms with Gasteiger partial charge >= 0.3 is 5.97 Å². The molecule has 2 aromatic rings. The number of carbonyl (C=O) groups is 1. The van der Waals surface area contributed by atoms with Gasteiger partial charge in [0.15, 0.2) is 0 Å². The molecule has 2 rings (SSSR count). The van der Waals surface area contributed by atoms with Crippen molar-refractivity contribution in [3.63, 3.8) is 0 Å². The molecule has 6 heteroatoms. The summed E-state index contributed by atoms with van der Waals surface area (Å²) in [6.07, 6.45) is 2.29. The van der Waals surface area contributed by atoms with E-state index in [0.29, 0.717) is 23.4 Å². The van der Waals surface area contributed by atoms with E-state index in [4.69, 9.17) is 22.1 Å². The van der Waals surface area contributed by atoms with Crippen LogP contribution < -0.4 is 4.74 Å². The fourth-order valence-electron chi connectivity index (χ4n) is 1.78. The van der Waals surface area contributed by atoms with E-state index in [1.165, 1.54) is 0 Å². The third-order valence-corrected chi connectivity index (χ3v) is 3.33. The molecule has 138 valence electrons. The Morgan fingerprint density at radius 2 is 1.96 bits per heavy atom. The molecule has 0 saturated carbocycles. The van der Waals surface area contributed by atoms with Crippen LogP contribution >= 0.6 is 12.2 Å². The van der Waals surface area contributed by atoms with E-state index in [1.807, 2.05) is 58.9 Å². The number of hydrogen-bond acceptors (Lipinski definition) is 4. The van der Waals surface area contributed by atoms with Crippen molar-refractivity contribution in [2.24, 2.45) is 0 Å². The maximum Gasteiger partial charge on any atom is 0.303 e. The minimum absolute atomic E-state index is 0.110. The number of aromatic amines is 1. The van der Waals surface area contributed by atoms with Crippen LogP contribution in [0.3, 0.4) is 0 Å². The lowest BCUT2D eigenvalue weighted by Crippen LogP contribution is -2.01. The van der Waals surface area contributed by atoms with Crippen molar-refractivity contribution in [2.75, 3.05) is 0 Å². The van der Waals surface area contributed by atoms with Crippen LogP contribution in [-0.4, -0.2) is 21.0 Å². The summed E-state index contributed by atoms with van der Waals surface area (Å²) in [6.45, 7) is 10.2. The molecule has 25 heavy (non-hydrogen) atoms. The first kappa shape index (κ1) is 22.8. The van der Waals surface area contributed by atoms with Gasteiger partial charge in [0.2, 0.25) is 0 Å². The fraction of sp³-hybridized carbons (Fsp3) is 0.421. The van der Waals surface area contributed by atoms with Crippen molar-refractivity contribution >= 4 is 18.2 Å². The SMILES string of the molecule is CC.CC.Cc1ncc(COc2cccc(CCC(=O)O)c2)[nH]c1=S. The summed E-state index contributed by atoms with van der Waals surface area (Å²) in [5, 5.41) is 8.69. The Morgan fingerprint density at radius 1 is 1.28 bits per heavy atom. The van der Waals surface area contributed by atoms with Gasteiger partial charge in [-0.1, -0.05) is 52.0 Å². The number of carboxylic acids is 1. The first-order valence-electron chi connectivity index (χ1n) is 8.53. The summed E-state index contributed by atoms with van der Waals surface area (Å²) in [5.74, 6) is -0.114. The molecule has 0 atom stereocenters. The predicted molar refractivity (Wildman–Crippen MR) is 104 cm³/mol. The molecule has 0 aliphatic heterocycles. The van der Waals surface area contributed by atoms with Crippen LogP contribution in [0.2, 0.25) is 0 Å². The zero-order valence-corrected chi connectivity index (χ0v) is 16.4. The van der Waals surface area contributed by atoms with Crippen molar-refractivity contribution in [3.05, 3.63) is 52.1 Å². The zero-order chi connectivity index (χ0) is 19.2. The number of aromatic nitrogens is 2. The minimum Gasteiger partial charge on any atom is -0.487 e. The molecule has 0 unspecified atom stereocenters. The molecule has 0 aliphatic rings. The molecular formula is C19H28N2O3S. The van der Waals surface area contributed by atoms with Gasteiger partial charge in [0.05, 0.1) is 17.6 Å². The van der Waals surface area contributed by atoms with E-state index in [2.05, 4.69) is 9.97 Å². The molecule has 0 aliphatic carbocycles. The van der Waals surface area contributed by atoms with E-state index in [1.54, 1.807) is 6.20 Å². The second kappa shape index (κ2) is 13.1. The Labute approximate surface area is 155 Å². The van der Waals surface area contributed by atoms with Crippen molar-refractivity contribution < 1.29 is 14.6 Å². The Bertz CT molecular complexity index is 699. The summed E-state index contributed by atoms with van der Waals surface area (Å²) >= 11 is 5.12. The quantitative estimate of drug-likeness (QED) is 0.698. The second-order valence-corrected chi connectivity index (χ2v) is 5.06. The number of nitrogens with zero attached hydrogens (tertiary/aromatic N) is 1. The molecule has 0 bridgehead atoms. The summed E-state index contributed by atoms with van der Waals surface area (Å²) in [6, 6.07) is 7.42. The molecule has 0 amide bonds. The normalized spacial score (nSPS) is 9.16. The van der Waals surface area contributed by atoms with Crippen LogP contribution in [0.1, 0.15) is 51.1 Å². The minimum atomic E-state index is -0.806. The molecule has 5 nitrogen and oxygen atoms in total. The standard InChI is InChI=1S/C15H16N2O3S.2C2H6/c1-10-15(21)17-12(8-16-10)9-20-13-4-2-3-11(7-13)5-6-14(18)19;2*1-2/h2-4,7-8H,5-6,9H2,1H3,(H,17,21)(H,18,19);2*1-2H3. The van der Waals surface area contributed by atoms with Crippen molar-refractivity contribution in [2.45, 2.75) is 54.1 Å². The van der Waals surface area contributed by atoms with Gasteiger partial charge in [-0.05, 0) is 31.0 Å². The molecule has 1 heterocycles. The third-order valence-electron chi connectivity index (χ3n) is 2.94. The molecule has 2 N–H and O–H groups in total. The van der Waals surface area contributed by atoms with Gasteiger partial charge in [-0.15, -0.1) is 0 Å². The molecular weight excluding hydrogens is 336 g/mol. The lowest BCUT2D eigenvalue weighted by atomic mass is 10.1. The smallest absolute Gasteiger partial charge is 0.303 e. The number of benzene rings is 1. The topological polar surface area (TPSA) is 75.2 Å². The average Bonchev–Trinajstić information content (AvgIpc) is 2.65. The molecule has 0 fully saturated rings. The number of rotatable bonds is 6.